The molecule has 0 bridgehead atoms. The summed E-state index contributed by atoms with van der Waals surface area (Å²) < 4.78 is 0. The zero-order valence-electron chi connectivity index (χ0n) is 10.9. The van der Waals surface area contributed by atoms with Crippen molar-refractivity contribution in [1.29, 1.82) is 0 Å². The van der Waals surface area contributed by atoms with Gasteiger partial charge in [0, 0.05) is 18.8 Å². The van der Waals surface area contributed by atoms with Crippen molar-refractivity contribution in [1.82, 2.24) is 5.32 Å². The average molecular weight is 247 g/mol. The van der Waals surface area contributed by atoms with Crippen LogP contribution in [-0.2, 0) is 11.2 Å². The number of benzene rings is 1. The standard InChI is InChI=1S/C14H21N3O/c1-16-12(14(15)18)10-17-9-5-4-7-11-6-2-3-8-13(11)17/h2-3,6,8,12,16H,4-5,7,9-10H2,1H3,(H2,15,18). The fraction of sp³-hybridized carbons (Fsp3) is 0.500. The summed E-state index contributed by atoms with van der Waals surface area (Å²) >= 11 is 0. The number of nitrogens with one attached hydrogen (secondary N) is 1. The van der Waals surface area contributed by atoms with E-state index >= 15 is 0 Å². The highest BCUT2D eigenvalue weighted by Gasteiger charge is 2.20. The lowest BCUT2D eigenvalue weighted by atomic mass is 10.1. The molecule has 1 aromatic carbocycles. The molecule has 1 aromatic rings. The van der Waals surface area contributed by atoms with Crippen LogP contribution < -0.4 is 16.0 Å². The predicted octanol–water partition coefficient (Wildman–Crippen LogP) is 0.903. The van der Waals surface area contributed by atoms with Gasteiger partial charge < -0.3 is 16.0 Å². The number of nitrogens with two attached hydrogens (primary N) is 1. The van der Waals surface area contributed by atoms with E-state index in [1.165, 1.54) is 17.7 Å². The summed E-state index contributed by atoms with van der Waals surface area (Å²) in [7, 11) is 1.78. The molecule has 1 atom stereocenters. The summed E-state index contributed by atoms with van der Waals surface area (Å²) in [6.45, 7) is 1.63. The molecule has 0 fully saturated rings. The van der Waals surface area contributed by atoms with Crippen molar-refractivity contribution in [2.45, 2.75) is 25.3 Å². The Hall–Kier alpha value is -1.55. The normalized spacial score (nSPS) is 16.8. The van der Waals surface area contributed by atoms with Crippen molar-refractivity contribution >= 4 is 11.6 Å². The molecule has 1 unspecified atom stereocenters. The molecule has 0 saturated heterocycles. The van der Waals surface area contributed by atoms with Gasteiger partial charge in [-0.05, 0) is 37.9 Å². The van der Waals surface area contributed by atoms with Crippen LogP contribution in [-0.4, -0.2) is 32.1 Å². The second kappa shape index (κ2) is 5.87. The summed E-state index contributed by atoms with van der Waals surface area (Å²) in [6, 6.07) is 8.14. The molecule has 3 N–H and O–H groups in total. The molecule has 1 heterocycles. The van der Waals surface area contributed by atoms with Gasteiger partial charge in [-0.3, -0.25) is 4.79 Å². The number of hydrogen-bond acceptors (Lipinski definition) is 3. The lowest BCUT2D eigenvalue weighted by Crippen LogP contribution is -2.48. The molecular formula is C14H21N3O. The highest BCUT2D eigenvalue weighted by molar-refractivity contribution is 5.80. The van der Waals surface area contributed by atoms with Crippen LogP contribution >= 0.6 is 0 Å². The maximum absolute atomic E-state index is 11.3. The molecule has 1 aliphatic rings. The van der Waals surface area contributed by atoms with Gasteiger partial charge in [0.05, 0.1) is 0 Å². The van der Waals surface area contributed by atoms with E-state index < -0.39 is 0 Å². The minimum atomic E-state index is -0.295. The molecule has 2 rings (SSSR count). The van der Waals surface area contributed by atoms with E-state index in [1.54, 1.807) is 7.05 Å². The minimum Gasteiger partial charge on any atom is -0.369 e. The highest BCUT2D eigenvalue weighted by Crippen LogP contribution is 2.25. The van der Waals surface area contributed by atoms with E-state index in [1.807, 2.05) is 0 Å². The maximum atomic E-state index is 11.3. The van der Waals surface area contributed by atoms with Crippen molar-refractivity contribution in [3.8, 4) is 0 Å². The third kappa shape index (κ3) is 2.82. The quantitative estimate of drug-likeness (QED) is 0.831. The summed E-state index contributed by atoms with van der Waals surface area (Å²) in [5.74, 6) is -0.292. The van der Waals surface area contributed by atoms with E-state index in [0.29, 0.717) is 6.54 Å². The van der Waals surface area contributed by atoms with Crippen molar-refractivity contribution in [2.24, 2.45) is 5.73 Å². The van der Waals surface area contributed by atoms with Crippen LogP contribution in [0.4, 0.5) is 5.69 Å². The van der Waals surface area contributed by atoms with Crippen LogP contribution in [0.2, 0.25) is 0 Å². The number of aryl methyl sites for hydroxylation is 1. The number of primary amides is 1. The fourth-order valence-electron chi connectivity index (χ4n) is 2.50. The van der Waals surface area contributed by atoms with Crippen LogP contribution in [0.1, 0.15) is 18.4 Å². The Morgan fingerprint density at radius 2 is 2.22 bits per heavy atom. The smallest absolute Gasteiger partial charge is 0.236 e. The largest absolute Gasteiger partial charge is 0.369 e. The van der Waals surface area contributed by atoms with Gasteiger partial charge in [-0.25, -0.2) is 0 Å². The van der Waals surface area contributed by atoms with Crippen molar-refractivity contribution < 1.29 is 4.79 Å². The van der Waals surface area contributed by atoms with E-state index in [2.05, 4.69) is 34.5 Å². The maximum Gasteiger partial charge on any atom is 0.236 e. The molecule has 0 spiro atoms. The molecular weight excluding hydrogens is 226 g/mol. The summed E-state index contributed by atoms with van der Waals surface area (Å²) in [5.41, 5.74) is 8.01. The molecule has 18 heavy (non-hydrogen) atoms. The Bertz CT molecular complexity index is 419. The van der Waals surface area contributed by atoms with Crippen LogP contribution in [0.15, 0.2) is 24.3 Å². The Kier molecular flexibility index (Phi) is 4.20. The Morgan fingerprint density at radius 3 is 2.94 bits per heavy atom. The van der Waals surface area contributed by atoms with Crippen LogP contribution in [0.25, 0.3) is 0 Å². The zero-order chi connectivity index (χ0) is 13.0. The summed E-state index contributed by atoms with van der Waals surface area (Å²) in [4.78, 5) is 13.6. The van der Waals surface area contributed by atoms with E-state index in [-0.39, 0.29) is 11.9 Å². The SMILES string of the molecule is CNC(CN1CCCCc2ccccc21)C(N)=O. The number of hydrogen-bond donors (Lipinski definition) is 2. The van der Waals surface area contributed by atoms with Gasteiger partial charge in [-0.1, -0.05) is 18.2 Å². The number of carbonyl (C=O) groups is 1. The van der Waals surface area contributed by atoms with Gasteiger partial charge in [-0.2, -0.15) is 0 Å². The molecule has 98 valence electrons. The lowest BCUT2D eigenvalue weighted by Gasteiger charge is -2.28. The van der Waals surface area contributed by atoms with Gasteiger partial charge in [0.2, 0.25) is 5.91 Å². The number of nitrogens with zero attached hydrogens (tertiary/aromatic N) is 1. The highest BCUT2D eigenvalue weighted by atomic mass is 16.1. The topological polar surface area (TPSA) is 58.4 Å². The zero-order valence-corrected chi connectivity index (χ0v) is 10.9. The first kappa shape index (κ1) is 12.9. The molecule has 4 nitrogen and oxygen atoms in total. The second-order valence-corrected chi connectivity index (χ2v) is 4.78. The fourth-order valence-corrected chi connectivity index (χ4v) is 2.50. The molecule has 0 aromatic heterocycles. The second-order valence-electron chi connectivity index (χ2n) is 4.78. The third-order valence-electron chi connectivity index (χ3n) is 3.55. The number of likely N-dealkylation sites (N-methyl/N-ethyl adjacent to an activating group) is 1. The van der Waals surface area contributed by atoms with E-state index in [4.69, 9.17) is 5.73 Å². The Morgan fingerprint density at radius 1 is 1.44 bits per heavy atom. The summed E-state index contributed by atoms with van der Waals surface area (Å²) in [5, 5.41) is 2.98. The van der Waals surface area contributed by atoms with Gasteiger partial charge in [0.25, 0.3) is 0 Å². The number of fused-ring (bicyclic) bond motifs is 1. The van der Waals surface area contributed by atoms with E-state index in [9.17, 15) is 4.79 Å². The first-order valence-corrected chi connectivity index (χ1v) is 6.52. The molecule has 0 aliphatic carbocycles. The first-order valence-electron chi connectivity index (χ1n) is 6.52. The minimum absolute atomic E-state index is 0.292. The summed E-state index contributed by atoms with van der Waals surface area (Å²) in [6.07, 6.45) is 3.48. The van der Waals surface area contributed by atoms with Gasteiger partial charge in [-0.15, -0.1) is 0 Å². The molecule has 1 amide bonds. The van der Waals surface area contributed by atoms with Gasteiger partial charge >= 0.3 is 0 Å². The van der Waals surface area contributed by atoms with E-state index in [0.717, 1.165) is 19.4 Å². The van der Waals surface area contributed by atoms with Crippen LogP contribution in [0.5, 0.6) is 0 Å². The molecule has 0 radical (unpaired) electrons. The Labute approximate surface area is 108 Å². The third-order valence-corrected chi connectivity index (χ3v) is 3.55. The number of carbonyl (C=O) groups excluding carboxylic acids is 1. The molecule has 0 saturated carbocycles. The van der Waals surface area contributed by atoms with Crippen molar-refractivity contribution in [3.05, 3.63) is 29.8 Å². The molecule has 4 heteroatoms. The average Bonchev–Trinajstić information content (AvgIpc) is 2.58. The number of rotatable bonds is 4. The van der Waals surface area contributed by atoms with Crippen LogP contribution in [0.3, 0.4) is 0 Å². The Balaban J connectivity index is 2.19. The molecule has 1 aliphatic heterocycles. The van der Waals surface area contributed by atoms with Crippen molar-refractivity contribution in [2.75, 3.05) is 25.0 Å². The van der Waals surface area contributed by atoms with Crippen LogP contribution in [0, 0.1) is 0 Å². The predicted molar refractivity (Wildman–Crippen MR) is 73.6 cm³/mol. The number of anilines is 1. The lowest BCUT2D eigenvalue weighted by molar-refractivity contribution is -0.119. The number of amides is 1. The monoisotopic (exact) mass is 247 g/mol. The number of para-hydroxylation sites is 1. The van der Waals surface area contributed by atoms with Gasteiger partial charge in [0.1, 0.15) is 6.04 Å². The van der Waals surface area contributed by atoms with Crippen molar-refractivity contribution in [3.63, 3.8) is 0 Å². The van der Waals surface area contributed by atoms with Gasteiger partial charge in [0.15, 0.2) is 0 Å². The first-order chi connectivity index (χ1) is 8.72.